The maximum absolute atomic E-state index is 13.8. The number of aryl methyl sites for hydroxylation is 1. The second-order valence-corrected chi connectivity index (χ2v) is 6.97. The lowest BCUT2D eigenvalue weighted by Gasteiger charge is -2.28. The van der Waals surface area contributed by atoms with E-state index in [4.69, 9.17) is 0 Å². The lowest BCUT2D eigenvalue weighted by Crippen LogP contribution is -2.48. The van der Waals surface area contributed by atoms with Gasteiger partial charge in [0.25, 0.3) is 0 Å². The van der Waals surface area contributed by atoms with Gasteiger partial charge >= 0.3 is 6.18 Å². The Morgan fingerprint density at radius 1 is 1.21 bits per heavy atom. The molecule has 0 saturated carbocycles. The number of nitrogens with one attached hydrogen (secondary N) is 2. The Morgan fingerprint density at radius 2 is 2.00 bits per heavy atom. The number of aromatic nitrogens is 1. The van der Waals surface area contributed by atoms with Gasteiger partial charge in [0.05, 0.1) is 0 Å². The minimum Gasteiger partial charge on any atom is -0.388 e. The maximum Gasteiger partial charge on any atom is 0.435 e. The van der Waals surface area contributed by atoms with Crippen molar-refractivity contribution in [2.75, 3.05) is 12.4 Å². The van der Waals surface area contributed by atoms with Crippen LogP contribution in [-0.4, -0.2) is 40.4 Å². The van der Waals surface area contributed by atoms with E-state index < -0.39 is 17.6 Å². The van der Waals surface area contributed by atoms with Crippen LogP contribution in [-0.2, 0) is 0 Å². The first-order chi connectivity index (χ1) is 13.7. The Hall–Kier alpha value is -3.36. The Labute approximate surface area is 165 Å². The molecule has 1 atom stereocenters. The van der Waals surface area contributed by atoms with Crippen LogP contribution in [0.5, 0.6) is 0 Å². The summed E-state index contributed by atoms with van der Waals surface area (Å²) in [7, 11) is 1.79. The fourth-order valence-electron chi connectivity index (χ4n) is 3.40. The monoisotopic (exact) mass is 400 g/mol. The molecule has 29 heavy (non-hydrogen) atoms. The highest BCUT2D eigenvalue weighted by Crippen LogP contribution is 2.41. The number of amidine groups is 1. The van der Waals surface area contributed by atoms with E-state index in [1.807, 2.05) is 19.1 Å². The number of halogens is 3. The highest BCUT2D eigenvalue weighted by molar-refractivity contribution is 6.14. The fourth-order valence-corrected chi connectivity index (χ4v) is 3.40. The van der Waals surface area contributed by atoms with E-state index in [0.717, 1.165) is 11.3 Å². The third-order valence-corrected chi connectivity index (χ3v) is 5.00. The molecule has 0 bridgehead atoms. The third kappa shape index (κ3) is 3.12. The van der Waals surface area contributed by atoms with Gasteiger partial charge in [0.2, 0.25) is 0 Å². The van der Waals surface area contributed by atoms with Gasteiger partial charge in [-0.2, -0.15) is 23.4 Å². The number of pyridine rings is 1. The molecule has 1 aromatic carbocycles. The average molecular weight is 400 g/mol. The summed E-state index contributed by atoms with van der Waals surface area (Å²) < 4.78 is 41.5. The van der Waals surface area contributed by atoms with Crippen LogP contribution in [0.1, 0.15) is 23.7 Å². The number of hydrogen-bond donors (Lipinski definition) is 2. The molecule has 9 heteroatoms. The number of hydrazone groups is 2. The minimum atomic E-state index is -4.62. The molecule has 0 aliphatic carbocycles. The van der Waals surface area contributed by atoms with E-state index in [0.29, 0.717) is 11.3 Å². The summed E-state index contributed by atoms with van der Waals surface area (Å²) in [5.74, 6) is 0.237. The summed E-state index contributed by atoms with van der Waals surface area (Å²) in [6.07, 6.45) is -1.54. The van der Waals surface area contributed by atoms with Crippen LogP contribution in [0.4, 0.5) is 18.9 Å². The summed E-state index contributed by atoms with van der Waals surface area (Å²) in [5.41, 5.74) is 3.45. The molecule has 2 N–H and O–H groups in total. The molecule has 2 aromatic rings. The minimum absolute atomic E-state index is 0.0000104. The van der Waals surface area contributed by atoms with Gasteiger partial charge in [-0.25, -0.2) is 5.01 Å². The van der Waals surface area contributed by atoms with Crippen LogP contribution in [0.2, 0.25) is 0 Å². The van der Waals surface area contributed by atoms with Crippen molar-refractivity contribution in [1.29, 1.82) is 0 Å². The standard InChI is InChI=1S/C20H19F3N6/c1-12-10-14(24-3)8-7-13(12)11-15-17(20(21,22)23)27-29-18(26-28-19(15,29)2)16-6-4-5-9-25-16/h4-11,24,28H,1-3H3/b15-11+. The van der Waals surface area contributed by atoms with Crippen molar-refractivity contribution in [2.24, 2.45) is 10.2 Å². The highest BCUT2D eigenvalue weighted by atomic mass is 19.4. The molecule has 6 nitrogen and oxygen atoms in total. The molecular weight excluding hydrogens is 381 g/mol. The summed E-state index contributed by atoms with van der Waals surface area (Å²) in [4.78, 5) is 4.19. The van der Waals surface area contributed by atoms with Crippen molar-refractivity contribution in [3.8, 4) is 0 Å². The molecule has 0 radical (unpaired) electrons. The van der Waals surface area contributed by atoms with Gasteiger partial charge in [-0.1, -0.05) is 12.1 Å². The maximum atomic E-state index is 13.8. The zero-order chi connectivity index (χ0) is 20.8. The van der Waals surface area contributed by atoms with Crippen molar-refractivity contribution < 1.29 is 13.2 Å². The van der Waals surface area contributed by atoms with E-state index in [1.165, 1.54) is 11.1 Å². The van der Waals surface area contributed by atoms with Gasteiger partial charge in [-0.3, -0.25) is 10.4 Å². The predicted octanol–water partition coefficient (Wildman–Crippen LogP) is 3.73. The second-order valence-electron chi connectivity index (χ2n) is 6.97. The van der Waals surface area contributed by atoms with Crippen molar-refractivity contribution >= 4 is 23.3 Å². The van der Waals surface area contributed by atoms with E-state index in [9.17, 15) is 13.2 Å². The van der Waals surface area contributed by atoms with Crippen LogP contribution < -0.4 is 10.7 Å². The Balaban J connectivity index is 1.82. The van der Waals surface area contributed by atoms with Gasteiger partial charge < -0.3 is 5.32 Å². The molecule has 1 aromatic heterocycles. The number of anilines is 1. The summed E-state index contributed by atoms with van der Waals surface area (Å²) >= 11 is 0. The Bertz CT molecular complexity index is 1040. The van der Waals surface area contributed by atoms with Gasteiger partial charge in [0.1, 0.15) is 5.69 Å². The van der Waals surface area contributed by atoms with Crippen molar-refractivity contribution in [1.82, 2.24) is 15.4 Å². The van der Waals surface area contributed by atoms with Gasteiger partial charge in [-0.05, 0) is 55.3 Å². The number of benzene rings is 1. The van der Waals surface area contributed by atoms with Crippen LogP contribution in [0.3, 0.4) is 0 Å². The molecule has 1 unspecified atom stereocenters. The lowest BCUT2D eigenvalue weighted by atomic mass is 9.94. The lowest BCUT2D eigenvalue weighted by molar-refractivity contribution is -0.0582. The van der Waals surface area contributed by atoms with Crippen LogP contribution in [0, 0.1) is 6.92 Å². The molecule has 150 valence electrons. The molecule has 0 saturated heterocycles. The van der Waals surface area contributed by atoms with Crippen molar-refractivity contribution in [3.63, 3.8) is 0 Å². The van der Waals surface area contributed by atoms with Gasteiger partial charge in [-0.15, -0.1) is 0 Å². The van der Waals surface area contributed by atoms with Gasteiger partial charge in [0, 0.05) is 24.5 Å². The van der Waals surface area contributed by atoms with E-state index in [1.54, 1.807) is 44.4 Å². The number of fused-ring (bicyclic) bond motifs is 1. The quantitative estimate of drug-likeness (QED) is 0.824. The number of rotatable bonds is 3. The summed E-state index contributed by atoms with van der Waals surface area (Å²) in [5, 5.41) is 12.4. The van der Waals surface area contributed by atoms with E-state index in [2.05, 4.69) is 25.9 Å². The normalized spacial score (nSPS) is 22.3. The van der Waals surface area contributed by atoms with Crippen molar-refractivity contribution in [3.05, 3.63) is 65.0 Å². The highest BCUT2D eigenvalue weighted by Gasteiger charge is 2.56. The predicted molar refractivity (Wildman–Crippen MR) is 106 cm³/mol. The van der Waals surface area contributed by atoms with Gasteiger partial charge in [0.15, 0.2) is 17.2 Å². The largest absolute Gasteiger partial charge is 0.435 e. The van der Waals surface area contributed by atoms with Crippen LogP contribution in [0.25, 0.3) is 6.08 Å². The molecule has 2 aliphatic heterocycles. The van der Waals surface area contributed by atoms with E-state index in [-0.39, 0.29) is 11.4 Å². The molecule has 4 rings (SSSR count). The second kappa shape index (κ2) is 6.61. The SMILES string of the molecule is CNc1ccc(/C=C2\C(C(F)(F)F)=NN3C(c4ccccn4)=NNC23C)c(C)c1. The van der Waals surface area contributed by atoms with Crippen LogP contribution in [0.15, 0.2) is 58.4 Å². The van der Waals surface area contributed by atoms with E-state index >= 15 is 0 Å². The molecule has 3 heterocycles. The zero-order valence-corrected chi connectivity index (χ0v) is 16.0. The summed E-state index contributed by atoms with van der Waals surface area (Å²) in [6.45, 7) is 3.47. The Morgan fingerprint density at radius 3 is 2.62 bits per heavy atom. The number of alkyl halides is 3. The van der Waals surface area contributed by atoms with Crippen LogP contribution >= 0.6 is 0 Å². The Kier molecular flexibility index (Phi) is 4.33. The molecule has 2 aliphatic rings. The first kappa shape index (κ1) is 19.0. The number of hydrogen-bond acceptors (Lipinski definition) is 6. The molecule has 0 spiro atoms. The average Bonchev–Trinajstić information content (AvgIpc) is 3.16. The first-order valence-corrected chi connectivity index (χ1v) is 8.97. The molecule has 0 amide bonds. The summed E-state index contributed by atoms with van der Waals surface area (Å²) in [6, 6.07) is 10.6. The molecular formula is C20H19F3N6. The topological polar surface area (TPSA) is 64.9 Å². The number of nitrogens with zero attached hydrogens (tertiary/aromatic N) is 4. The van der Waals surface area contributed by atoms with Crippen molar-refractivity contribution in [2.45, 2.75) is 25.7 Å². The zero-order valence-electron chi connectivity index (χ0n) is 16.0. The molecule has 0 fully saturated rings. The fraction of sp³-hybridized carbons (Fsp3) is 0.250. The third-order valence-electron chi connectivity index (χ3n) is 5.00. The smallest absolute Gasteiger partial charge is 0.388 e. The first-order valence-electron chi connectivity index (χ1n) is 8.97.